The van der Waals surface area contributed by atoms with E-state index in [1.165, 1.54) is 0 Å². The van der Waals surface area contributed by atoms with E-state index in [1.807, 2.05) is 61.5 Å². The Hall–Kier alpha value is -3.04. The number of piperazine rings is 1. The number of para-hydroxylation sites is 1. The minimum absolute atomic E-state index is 0.0224. The molecule has 0 atom stereocenters. The van der Waals surface area contributed by atoms with Crippen LogP contribution in [0.25, 0.3) is 16.6 Å². The lowest BCUT2D eigenvalue weighted by Gasteiger charge is -2.34. The molecule has 1 fully saturated rings. The molecule has 0 radical (unpaired) electrons. The first kappa shape index (κ1) is 19.0. The third kappa shape index (κ3) is 3.40. The average Bonchev–Trinajstić information content (AvgIpc) is 3.15. The van der Waals surface area contributed by atoms with Crippen LogP contribution >= 0.6 is 0 Å². The van der Waals surface area contributed by atoms with Gasteiger partial charge in [-0.15, -0.1) is 5.10 Å². The van der Waals surface area contributed by atoms with Gasteiger partial charge in [0.05, 0.1) is 11.3 Å². The molecule has 0 amide bonds. The Labute approximate surface area is 174 Å². The number of aryl methyl sites for hydroxylation is 1. The molecule has 0 N–H and O–H groups in total. The summed E-state index contributed by atoms with van der Waals surface area (Å²) in [5, 5.41) is 5.48. The van der Waals surface area contributed by atoms with E-state index in [2.05, 4.69) is 15.0 Å². The zero-order chi connectivity index (χ0) is 20.7. The van der Waals surface area contributed by atoms with Crippen molar-refractivity contribution < 1.29 is 8.42 Å². The van der Waals surface area contributed by atoms with Gasteiger partial charge < -0.3 is 4.90 Å². The molecule has 2 aromatic carbocycles. The lowest BCUT2D eigenvalue weighted by atomic mass is 10.2. The molecule has 1 aliphatic rings. The molecule has 0 bridgehead atoms. The van der Waals surface area contributed by atoms with Gasteiger partial charge in [0.15, 0.2) is 5.65 Å². The van der Waals surface area contributed by atoms with Crippen LogP contribution in [-0.4, -0.2) is 58.5 Å². The quantitative estimate of drug-likeness (QED) is 0.502. The summed E-state index contributed by atoms with van der Waals surface area (Å²) in [6.45, 7) is 3.79. The molecule has 30 heavy (non-hydrogen) atoms. The molecular formula is C21H22N6O2S. The normalized spacial score (nSPS) is 15.8. The fourth-order valence-corrected chi connectivity index (χ4v) is 5.41. The summed E-state index contributed by atoms with van der Waals surface area (Å²) in [7, 11) is -3.36. The molecule has 2 aromatic heterocycles. The van der Waals surface area contributed by atoms with Crippen LogP contribution in [-0.2, 0) is 15.8 Å². The number of nitrogens with zero attached hydrogens (tertiary/aromatic N) is 6. The summed E-state index contributed by atoms with van der Waals surface area (Å²) in [4.78, 5) is 11.5. The Balaban J connectivity index is 1.41. The monoisotopic (exact) mass is 422 g/mol. The highest BCUT2D eigenvalue weighted by atomic mass is 32.2. The predicted molar refractivity (Wildman–Crippen MR) is 116 cm³/mol. The van der Waals surface area contributed by atoms with Gasteiger partial charge >= 0.3 is 0 Å². The molecule has 1 saturated heterocycles. The Morgan fingerprint density at radius 2 is 1.60 bits per heavy atom. The molecule has 154 valence electrons. The van der Waals surface area contributed by atoms with Crippen molar-refractivity contribution >= 4 is 32.5 Å². The highest BCUT2D eigenvalue weighted by Crippen LogP contribution is 2.24. The first-order valence-corrected chi connectivity index (χ1v) is 11.5. The van der Waals surface area contributed by atoms with Crippen LogP contribution in [0.5, 0.6) is 0 Å². The summed E-state index contributed by atoms with van der Waals surface area (Å²) in [6.07, 6.45) is 0. The molecule has 0 aliphatic carbocycles. The summed E-state index contributed by atoms with van der Waals surface area (Å²) in [5.74, 6) is 1.40. The summed E-state index contributed by atoms with van der Waals surface area (Å²) in [6, 6.07) is 17.2. The van der Waals surface area contributed by atoms with Crippen molar-refractivity contribution in [1.29, 1.82) is 0 Å². The standard InChI is InChI=1S/C21H22N6O2S/c1-16-22-20-18-9-5-6-10-19(18)23-21(27(20)24-16)25-11-13-26(14-12-25)30(28,29)15-17-7-3-2-4-8-17/h2-10H,11-15H2,1H3. The molecule has 0 saturated carbocycles. The molecule has 4 aromatic rings. The molecule has 0 unspecified atom stereocenters. The Morgan fingerprint density at radius 3 is 2.37 bits per heavy atom. The Bertz CT molecular complexity index is 1310. The highest BCUT2D eigenvalue weighted by Gasteiger charge is 2.29. The van der Waals surface area contributed by atoms with Gasteiger partial charge in [0, 0.05) is 31.6 Å². The number of hydrogen-bond donors (Lipinski definition) is 0. The van der Waals surface area contributed by atoms with Crippen LogP contribution in [0.1, 0.15) is 11.4 Å². The van der Waals surface area contributed by atoms with E-state index in [-0.39, 0.29) is 5.75 Å². The van der Waals surface area contributed by atoms with Gasteiger partial charge in [-0.25, -0.2) is 18.4 Å². The van der Waals surface area contributed by atoms with Crippen molar-refractivity contribution in [1.82, 2.24) is 23.9 Å². The third-order valence-electron chi connectivity index (χ3n) is 5.37. The van der Waals surface area contributed by atoms with Gasteiger partial charge in [0.2, 0.25) is 16.0 Å². The van der Waals surface area contributed by atoms with Crippen LogP contribution in [0, 0.1) is 6.92 Å². The molecule has 8 nitrogen and oxygen atoms in total. The van der Waals surface area contributed by atoms with E-state index in [4.69, 9.17) is 4.98 Å². The van der Waals surface area contributed by atoms with E-state index < -0.39 is 10.0 Å². The van der Waals surface area contributed by atoms with Crippen molar-refractivity contribution in [3.05, 3.63) is 66.0 Å². The van der Waals surface area contributed by atoms with Crippen molar-refractivity contribution in [2.24, 2.45) is 0 Å². The van der Waals surface area contributed by atoms with Crippen LogP contribution in [0.4, 0.5) is 5.95 Å². The van der Waals surface area contributed by atoms with Crippen molar-refractivity contribution in [2.75, 3.05) is 31.1 Å². The second-order valence-electron chi connectivity index (χ2n) is 7.45. The second kappa shape index (κ2) is 7.33. The van der Waals surface area contributed by atoms with Crippen LogP contribution in [0.3, 0.4) is 0 Å². The van der Waals surface area contributed by atoms with Crippen LogP contribution < -0.4 is 4.90 Å². The number of fused-ring (bicyclic) bond motifs is 3. The van der Waals surface area contributed by atoms with Gasteiger partial charge in [-0.1, -0.05) is 42.5 Å². The van der Waals surface area contributed by atoms with Crippen molar-refractivity contribution in [2.45, 2.75) is 12.7 Å². The largest absolute Gasteiger partial charge is 0.338 e. The molecule has 1 aliphatic heterocycles. The lowest BCUT2D eigenvalue weighted by molar-refractivity contribution is 0.381. The molecule has 3 heterocycles. The number of sulfonamides is 1. The fraction of sp³-hybridized carbons (Fsp3) is 0.286. The van der Waals surface area contributed by atoms with Gasteiger partial charge in [-0.2, -0.15) is 8.82 Å². The fourth-order valence-electron chi connectivity index (χ4n) is 3.89. The van der Waals surface area contributed by atoms with Gasteiger partial charge in [0.25, 0.3) is 0 Å². The average molecular weight is 423 g/mol. The van der Waals surface area contributed by atoms with E-state index in [0.717, 1.165) is 22.1 Å². The third-order valence-corrected chi connectivity index (χ3v) is 7.22. The van der Waals surface area contributed by atoms with Gasteiger partial charge in [-0.3, -0.25) is 0 Å². The zero-order valence-corrected chi connectivity index (χ0v) is 17.5. The van der Waals surface area contributed by atoms with E-state index in [0.29, 0.717) is 38.0 Å². The molecule has 9 heteroatoms. The first-order chi connectivity index (χ1) is 14.5. The number of aromatic nitrogens is 4. The number of rotatable bonds is 4. The second-order valence-corrected chi connectivity index (χ2v) is 9.42. The van der Waals surface area contributed by atoms with E-state index in [1.54, 1.807) is 8.82 Å². The maximum absolute atomic E-state index is 12.9. The van der Waals surface area contributed by atoms with Crippen LogP contribution in [0.15, 0.2) is 54.6 Å². The highest BCUT2D eigenvalue weighted by molar-refractivity contribution is 7.88. The summed E-state index contributed by atoms with van der Waals surface area (Å²) >= 11 is 0. The zero-order valence-electron chi connectivity index (χ0n) is 16.6. The van der Waals surface area contributed by atoms with Crippen LogP contribution in [0.2, 0.25) is 0 Å². The molecule has 5 rings (SSSR count). The minimum Gasteiger partial charge on any atom is -0.338 e. The Morgan fingerprint density at radius 1 is 0.900 bits per heavy atom. The summed E-state index contributed by atoms with van der Waals surface area (Å²) < 4.78 is 29.0. The van der Waals surface area contributed by atoms with Gasteiger partial charge in [-0.05, 0) is 24.6 Å². The first-order valence-electron chi connectivity index (χ1n) is 9.90. The smallest absolute Gasteiger partial charge is 0.229 e. The number of benzene rings is 2. The van der Waals surface area contributed by atoms with Crippen molar-refractivity contribution in [3.63, 3.8) is 0 Å². The van der Waals surface area contributed by atoms with E-state index in [9.17, 15) is 8.42 Å². The Kier molecular flexibility index (Phi) is 4.63. The molecule has 0 spiro atoms. The number of anilines is 1. The number of hydrogen-bond acceptors (Lipinski definition) is 6. The minimum atomic E-state index is -3.36. The van der Waals surface area contributed by atoms with Gasteiger partial charge in [0.1, 0.15) is 5.82 Å². The van der Waals surface area contributed by atoms with E-state index >= 15 is 0 Å². The maximum atomic E-state index is 12.9. The summed E-state index contributed by atoms with van der Waals surface area (Å²) in [5.41, 5.74) is 2.43. The molecular weight excluding hydrogens is 400 g/mol. The van der Waals surface area contributed by atoms with Crippen molar-refractivity contribution in [3.8, 4) is 0 Å². The lowest BCUT2D eigenvalue weighted by Crippen LogP contribution is -2.49. The topological polar surface area (TPSA) is 83.7 Å². The predicted octanol–water partition coefficient (Wildman–Crippen LogP) is 2.24. The maximum Gasteiger partial charge on any atom is 0.229 e. The SMILES string of the molecule is Cc1nc2c3ccccc3nc(N3CCN(S(=O)(=O)Cc4ccccc4)CC3)n2n1.